The van der Waals surface area contributed by atoms with Gasteiger partial charge in [0.1, 0.15) is 0 Å². The highest BCUT2D eigenvalue weighted by atomic mass is 16.5. The molecule has 16 heavy (non-hydrogen) atoms. The Morgan fingerprint density at radius 1 is 1.44 bits per heavy atom. The van der Waals surface area contributed by atoms with E-state index in [4.69, 9.17) is 14.6 Å². The molecule has 86 valence electrons. The maximum absolute atomic E-state index is 10.8. The summed E-state index contributed by atoms with van der Waals surface area (Å²) in [5, 5.41) is 8.87. The molecule has 0 bridgehead atoms. The fourth-order valence-electron chi connectivity index (χ4n) is 1.41. The Balaban J connectivity index is 2.16. The zero-order valence-electron chi connectivity index (χ0n) is 9.10. The minimum absolute atomic E-state index is 0.214. The van der Waals surface area contributed by atoms with Gasteiger partial charge in [-0.15, -0.1) is 0 Å². The highest BCUT2D eigenvalue weighted by Gasteiger charge is 2.22. The molecule has 1 aliphatic carbocycles. The van der Waals surface area contributed by atoms with Crippen molar-refractivity contribution in [2.24, 2.45) is 5.92 Å². The van der Waals surface area contributed by atoms with Crippen LogP contribution in [0.1, 0.15) is 23.2 Å². The van der Waals surface area contributed by atoms with Gasteiger partial charge in [0.15, 0.2) is 11.5 Å². The summed E-state index contributed by atoms with van der Waals surface area (Å²) in [5.74, 6) is 0.747. The van der Waals surface area contributed by atoms with Crippen molar-refractivity contribution in [3.8, 4) is 11.5 Å². The summed E-state index contributed by atoms with van der Waals surface area (Å²) in [6.07, 6.45) is 2.39. The van der Waals surface area contributed by atoms with Crippen LogP contribution in [0.5, 0.6) is 11.5 Å². The van der Waals surface area contributed by atoms with E-state index in [-0.39, 0.29) is 5.56 Å². The maximum Gasteiger partial charge on any atom is 0.335 e. The molecule has 0 aromatic heterocycles. The molecule has 1 aromatic carbocycles. The zero-order valence-corrected chi connectivity index (χ0v) is 9.10. The lowest BCUT2D eigenvalue weighted by Crippen LogP contribution is -2.03. The molecule has 1 aromatic rings. The van der Waals surface area contributed by atoms with Crippen LogP contribution in [0.4, 0.5) is 0 Å². The summed E-state index contributed by atoms with van der Waals surface area (Å²) in [6.45, 7) is 0.638. The van der Waals surface area contributed by atoms with Crippen molar-refractivity contribution in [3.05, 3.63) is 23.8 Å². The van der Waals surface area contributed by atoms with Gasteiger partial charge in [-0.25, -0.2) is 4.79 Å². The summed E-state index contributed by atoms with van der Waals surface area (Å²) in [5.41, 5.74) is 0.214. The molecule has 0 atom stereocenters. The van der Waals surface area contributed by atoms with Crippen molar-refractivity contribution in [1.29, 1.82) is 0 Å². The third kappa shape index (κ3) is 2.45. The van der Waals surface area contributed by atoms with E-state index in [1.165, 1.54) is 25.0 Å². The molecule has 1 fully saturated rings. The smallest absolute Gasteiger partial charge is 0.335 e. The van der Waals surface area contributed by atoms with Crippen LogP contribution >= 0.6 is 0 Å². The van der Waals surface area contributed by atoms with Gasteiger partial charge in [-0.3, -0.25) is 0 Å². The molecular formula is C12H14O4. The van der Waals surface area contributed by atoms with Crippen LogP contribution in [0.25, 0.3) is 0 Å². The molecule has 0 unspecified atom stereocenters. The Morgan fingerprint density at radius 3 is 2.75 bits per heavy atom. The minimum atomic E-state index is -0.959. The van der Waals surface area contributed by atoms with Crippen LogP contribution < -0.4 is 9.47 Å². The third-order valence-electron chi connectivity index (χ3n) is 2.58. The van der Waals surface area contributed by atoms with E-state index in [2.05, 4.69) is 0 Å². The van der Waals surface area contributed by atoms with E-state index in [9.17, 15) is 4.79 Å². The van der Waals surface area contributed by atoms with E-state index in [0.717, 1.165) is 0 Å². The minimum Gasteiger partial charge on any atom is -0.493 e. The number of methoxy groups -OCH3 is 1. The number of carboxylic acids is 1. The van der Waals surface area contributed by atoms with E-state index in [0.29, 0.717) is 24.0 Å². The predicted octanol–water partition coefficient (Wildman–Crippen LogP) is 2.18. The summed E-state index contributed by atoms with van der Waals surface area (Å²) in [7, 11) is 1.54. The molecule has 0 aliphatic heterocycles. The average Bonchev–Trinajstić information content (AvgIpc) is 3.09. The van der Waals surface area contributed by atoms with Gasteiger partial charge in [0, 0.05) is 0 Å². The maximum atomic E-state index is 10.8. The Kier molecular flexibility index (Phi) is 2.99. The fourth-order valence-corrected chi connectivity index (χ4v) is 1.41. The second kappa shape index (κ2) is 4.43. The molecule has 0 heterocycles. The van der Waals surface area contributed by atoms with E-state index in [1.807, 2.05) is 0 Å². The lowest BCUT2D eigenvalue weighted by molar-refractivity contribution is 0.0696. The molecular weight excluding hydrogens is 208 g/mol. The molecule has 0 spiro atoms. The normalized spacial score (nSPS) is 14.6. The number of carboxylic acid groups (broad SMARTS) is 1. The third-order valence-corrected chi connectivity index (χ3v) is 2.58. The largest absolute Gasteiger partial charge is 0.493 e. The standard InChI is InChI=1S/C12H14O4/c1-15-10-5-4-9(12(13)14)6-11(10)16-7-8-2-3-8/h4-6,8H,2-3,7H2,1H3,(H,13,14). The van der Waals surface area contributed by atoms with Gasteiger partial charge in [0.2, 0.25) is 0 Å². The number of aromatic carboxylic acids is 1. The van der Waals surface area contributed by atoms with Gasteiger partial charge in [0.25, 0.3) is 0 Å². The Hall–Kier alpha value is -1.71. The monoisotopic (exact) mass is 222 g/mol. The first-order valence-corrected chi connectivity index (χ1v) is 5.25. The molecule has 0 amide bonds. The van der Waals surface area contributed by atoms with Crippen molar-refractivity contribution >= 4 is 5.97 Å². The highest BCUT2D eigenvalue weighted by molar-refractivity contribution is 5.88. The van der Waals surface area contributed by atoms with E-state index < -0.39 is 5.97 Å². The summed E-state index contributed by atoms with van der Waals surface area (Å²) in [4.78, 5) is 10.8. The molecule has 0 saturated heterocycles. The lowest BCUT2D eigenvalue weighted by atomic mass is 10.2. The molecule has 4 nitrogen and oxygen atoms in total. The van der Waals surface area contributed by atoms with Gasteiger partial charge in [-0.2, -0.15) is 0 Å². The van der Waals surface area contributed by atoms with Gasteiger partial charge < -0.3 is 14.6 Å². The van der Waals surface area contributed by atoms with Gasteiger partial charge in [0.05, 0.1) is 19.3 Å². The van der Waals surface area contributed by atoms with Gasteiger partial charge in [-0.05, 0) is 37.0 Å². The Bertz CT molecular complexity index is 396. The van der Waals surface area contributed by atoms with Crippen molar-refractivity contribution in [2.75, 3.05) is 13.7 Å². The van der Waals surface area contributed by atoms with Crippen molar-refractivity contribution in [1.82, 2.24) is 0 Å². The molecule has 2 rings (SSSR count). The number of carbonyl (C=O) groups is 1. The summed E-state index contributed by atoms with van der Waals surface area (Å²) < 4.78 is 10.7. The van der Waals surface area contributed by atoms with Crippen molar-refractivity contribution in [3.63, 3.8) is 0 Å². The molecule has 4 heteroatoms. The summed E-state index contributed by atoms with van der Waals surface area (Å²) in [6, 6.07) is 4.63. The zero-order chi connectivity index (χ0) is 11.5. The Morgan fingerprint density at radius 2 is 2.19 bits per heavy atom. The first-order valence-electron chi connectivity index (χ1n) is 5.25. The number of ether oxygens (including phenoxy) is 2. The van der Waals surface area contributed by atoms with Gasteiger partial charge in [-0.1, -0.05) is 0 Å². The number of hydrogen-bond donors (Lipinski definition) is 1. The molecule has 1 saturated carbocycles. The first kappa shape index (κ1) is 10.8. The van der Waals surface area contributed by atoms with E-state index >= 15 is 0 Å². The second-order valence-corrected chi connectivity index (χ2v) is 3.93. The Labute approximate surface area is 93.8 Å². The first-order chi connectivity index (χ1) is 7.70. The number of rotatable bonds is 5. The second-order valence-electron chi connectivity index (χ2n) is 3.93. The van der Waals surface area contributed by atoms with E-state index in [1.54, 1.807) is 13.2 Å². The molecule has 0 radical (unpaired) electrons. The fraction of sp³-hybridized carbons (Fsp3) is 0.417. The predicted molar refractivity (Wildman–Crippen MR) is 58.2 cm³/mol. The lowest BCUT2D eigenvalue weighted by Gasteiger charge is -2.10. The SMILES string of the molecule is COc1ccc(C(=O)O)cc1OCC1CC1. The molecule has 1 aliphatic rings. The number of hydrogen-bond acceptors (Lipinski definition) is 3. The molecule has 1 N–H and O–H groups in total. The number of benzene rings is 1. The van der Waals surface area contributed by atoms with Crippen LogP contribution in [0.3, 0.4) is 0 Å². The van der Waals surface area contributed by atoms with Crippen LogP contribution in [-0.4, -0.2) is 24.8 Å². The average molecular weight is 222 g/mol. The van der Waals surface area contributed by atoms with Crippen molar-refractivity contribution in [2.45, 2.75) is 12.8 Å². The topological polar surface area (TPSA) is 55.8 Å². The quantitative estimate of drug-likeness (QED) is 0.829. The highest BCUT2D eigenvalue weighted by Crippen LogP contribution is 2.33. The van der Waals surface area contributed by atoms with Crippen LogP contribution in [-0.2, 0) is 0 Å². The van der Waals surface area contributed by atoms with Crippen LogP contribution in [0.15, 0.2) is 18.2 Å². The van der Waals surface area contributed by atoms with Crippen LogP contribution in [0.2, 0.25) is 0 Å². The van der Waals surface area contributed by atoms with Gasteiger partial charge >= 0.3 is 5.97 Å². The van der Waals surface area contributed by atoms with Crippen molar-refractivity contribution < 1.29 is 19.4 Å². The summed E-state index contributed by atoms with van der Waals surface area (Å²) >= 11 is 0. The van der Waals surface area contributed by atoms with Crippen LogP contribution in [0, 0.1) is 5.92 Å².